The van der Waals surface area contributed by atoms with Crippen molar-refractivity contribution in [3.63, 3.8) is 0 Å². The zero-order valence-corrected chi connectivity index (χ0v) is 11.6. The number of fused-ring (bicyclic) bond motifs is 4. The lowest BCUT2D eigenvalue weighted by Gasteiger charge is -2.52. The van der Waals surface area contributed by atoms with E-state index in [1.54, 1.807) is 5.56 Å². The molecule has 3 aliphatic rings. The standard InChI is InChI=1S/C17H22O/c1-16(2)11-8-9-17(3)13-7-5-4-6-12(13)15(18-16)14(17)10-11/h4-7,11,14-15H,8-10H2,1-3H3. The molecule has 2 aliphatic carbocycles. The first-order chi connectivity index (χ1) is 8.52. The van der Waals surface area contributed by atoms with Crippen LogP contribution in [-0.2, 0) is 10.2 Å². The predicted octanol–water partition coefficient (Wildman–Crippen LogP) is 4.22. The molecule has 1 saturated heterocycles. The molecule has 18 heavy (non-hydrogen) atoms. The fraction of sp³-hybridized carbons (Fsp3) is 0.647. The summed E-state index contributed by atoms with van der Waals surface area (Å²) in [5.74, 6) is 1.46. The third-order valence-electron chi connectivity index (χ3n) is 6.03. The minimum absolute atomic E-state index is 0.0555. The van der Waals surface area contributed by atoms with Gasteiger partial charge in [-0.2, -0.15) is 0 Å². The van der Waals surface area contributed by atoms with Gasteiger partial charge < -0.3 is 4.74 Å². The van der Waals surface area contributed by atoms with Crippen LogP contribution in [0.2, 0.25) is 0 Å². The van der Waals surface area contributed by atoms with Crippen LogP contribution in [0.25, 0.3) is 0 Å². The van der Waals surface area contributed by atoms with Crippen molar-refractivity contribution in [2.45, 2.75) is 57.2 Å². The van der Waals surface area contributed by atoms with Crippen LogP contribution in [-0.4, -0.2) is 5.60 Å². The maximum atomic E-state index is 6.52. The largest absolute Gasteiger partial charge is 0.367 e. The van der Waals surface area contributed by atoms with Crippen LogP contribution >= 0.6 is 0 Å². The number of hydrogen-bond acceptors (Lipinski definition) is 1. The van der Waals surface area contributed by atoms with Gasteiger partial charge in [0, 0.05) is 0 Å². The summed E-state index contributed by atoms with van der Waals surface area (Å²) < 4.78 is 6.52. The molecule has 4 rings (SSSR count). The topological polar surface area (TPSA) is 9.23 Å². The lowest BCUT2D eigenvalue weighted by molar-refractivity contribution is -0.192. The molecule has 2 fully saturated rings. The van der Waals surface area contributed by atoms with Crippen LogP contribution in [0.1, 0.15) is 57.3 Å². The molecule has 0 aromatic heterocycles. The van der Waals surface area contributed by atoms with Gasteiger partial charge in [0.15, 0.2) is 0 Å². The molecule has 0 spiro atoms. The van der Waals surface area contributed by atoms with E-state index in [4.69, 9.17) is 4.74 Å². The van der Waals surface area contributed by atoms with Gasteiger partial charge in [0.2, 0.25) is 0 Å². The molecule has 96 valence electrons. The first-order valence-corrected chi connectivity index (χ1v) is 7.29. The molecule has 4 unspecified atom stereocenters. The highest BCUT2D eigenvalue weighted by atomic mass is 16.5. The molecule has 1 heterocycles. The molecule has 1 saturated carbocycles. The number of benzene rings is 1. The highest BCUT2D eigenvalue weighted by Crippen LogP contribution is 2.63. The molecule has 2 bridgehead atoms. The van der Waals surface area contributed by atoms with Crippen molar-refractivity contribution in [1.82, 2.24) is 0 Å². The first-order valence-electron chi connectivity index (χ1n) is 7.29. The van der Waals surface area contributed by atoms with E-state index in [9.17, 15) is 0 Å². The Morgan fingerprint density at radius 1 is 1.17 bits per heavy atom. The second-order valence-corrected chi connectivity index (χ2v) is 7.22. The maximum absolute atomic E-state index is 6.52. The fourth-order valence-electron chi connectivity index (χ4n) is 4.82. The first kappa shape index (κ1) is 11.0. The minimum Gasteiger partial charge on any atom is -0.367 e. The van der Waals surface area contributed by atoms with Crippen molar-refractivity contribution in [1.29, 1.82) is 0 Å². The van der Waals surface area contributed by atoms with E-state index in [1.165, 1.54) is 24.8 Å². The molecule has 0 amide bonds. The van der Waals surface area contributed by atoms with Gasteiger partial charge in [0.1, 0.15) is 0 Å². The highest BCUT2D eigenvalue weighted by Gasteiger charge is 2.58. The molecule has 0 radical (unpaired) electrons. The molecule has 1 nitrogen and oxygen atoms in total. The van der Waals surface area contributed by atoms with Crippen molar-refractivity contribution in [2.24, 2.45) is 11.8 Å². The normalized spacial score (nSPS) is 43.6. The van der Waals surface area contributed by atoms with Gasteiger partial charge >= 0.3 is 0 Å². The Morgan fingerprint density at radius 3 is 2.78 bits per heavy atom. The smallest absolute Gasteiger partial charge is 0.0871 e. The van der Waals surface area contributed by atoms with Gasteiger partial charge in [-0.1, -0.05) is 31.2 Å². The van der Waals surface area contributed by atoms with E-state index in [2.05, 4.69) is 45.0 Å². The summed E-state index contributed by atoms with van der Waals surface area (Å²) in [7, 11) is 0. The van der Waals surface area contributed by atoms with Crippen LogP contribution in [0, 0.1) is 11.8 Å². The summed E-state index contributed by atoms with van der Waals surface area (Å²) in [6.45, 7) is 7.04. The van der Waals surface area contributed by atoms with Gasteiger partial charge in [-0.05, 0) is 61.5 Å². The summed E-state index contributed by atoms with van der Waals surface area (Å²) in [6, 6.07) is 8.99. The average Bonchev–Trinajstić information content (AvgIpc) is 2.61. The van der Waals surface area contributed by atoms with Gasteiger partial charge in [-0.25, -0.2) is 0 Å². The minimum atomic E-state index is 0.0555. The average molecular weight is 242 g/mol. The van der Waals surface area contributed by atoms with Crippen LogP contribution in [0.5, 0.6) is 0 Å². The van der Waals surface area contributed by atoms with Gasteiger partial charge in [0.25, 0.3) is 0 Å². The Balaban J connectivity index is 1.91. The molecule has 4 atom stereocenters. The van der Waals surface area contributed by atoms with Crippen molar-refractivity contribution in [3.8, 4) is 0 Å². The molecule has 1 heteroatoms. The third kappa shape index (κ3) is 1.17. The van der Waals surface area contributed by atoms with Crippen LogP contribution in [0.4, 0.5) is 0 Å². The predicted molar refractivity (Wildman–Crippen MR) is 72.5 cm³/mol. The van der Waals surface area contributed by atoms with E-state index in [0.717, 1.165) is 5.92 Å². The Morgan fingerprint density at radius 2 is 1.94 bits per heavy atom. The third-order valence-corrected chi connectivity index (χ3v) is 6.03. The van der Waals surface area contributed by atoms with Crippen molar-refractivity contribution < 1.29 is 4.74 Å². The number of rotatable bonds is 0. The van der Waals surface area contributed by atoms with Gasteiger partial charge in [0.05, 0.1) is 11.7 Å². The zero-order chi connectivity index (χ0) is 12.5. The lowest BCUT2D eigenvalue weighted by Crippen LogP contribution is -2.50. The second kappa shape index (κ2) is 3.19. The van der Waals surface area contributed by atoms with E-state index in [0.29, 0.717) is 17.4 Å². The van der Waals surface area contributed by atoms with Crippen LogP contribution in [0.15, 0.2) is 24.3 Å². The van der Waals surface area contributed by atoms with E-state index in [1.807, 2.05) is 0 Å². The van der Waals surface area contributed by atoms with Crippen LogP contribution < -0.4 is 0 Å². The molecule has 1 aromatic carbocycles. The molecule has 1 aromatic rings. The summed E-state index contributed by atoms with van der Waals surface area (Å²) in [5, 5.41) is 0. The summed E-state index contributed by atoms with van der Waals surface area (Å²) in [5.41, 5.74) is 3.46. The quantitative estimate of drug-likeness (QED) is 0.661. The summed E-state index contributed by atoms with van der Waals surface area (Å²) in [6.07, 6.45) is 4.35. The van der Waals surface area contributed by atoms with E-state index in [-0.39, 0.29) is 5.60 Å². The molecule has 1 aliphatic heterocycles. The Bertz CT molecular complexity index is 504. The van der Waals surface area contributed by atoms with E-state index < -0.39 is 0 Å². The monoisotopic (exact) mass is 242 g/mol. The Hall–Kier alpha value is -0.820. The zero-order valence-electron chi connectivity index (χ0n) is 11.6. The SMILES string of the molecule is CC1(C)OC2c3ccccc3C3(C)CCC1CC23. The molecular weight excluding hydrogens is 220 g/mol. The second-order valence-electron chi connectivity index (χ2n) is 7.22. The lowest BCUT2D eigenvalue weighted by atomic mass is 9.60. The highest BCUT2D eigenvalue weighted by molar-refractivity contribution is 5.44. The van der Waals surface area contributed by atoms with Crippen LogP contribution in [0.3, 0.4) is 0 Å². The van der Waals surface area contributed by atoms with Gasteiger partial charge in [-0.3, -0.25) is 0 Å². The Kier molecular flexibility index (Phi) is 1.96. The number of hydrogen-bond donors (Lipinski definition) is 0. The maximum Gasteiger partial charge on any atom is 0.0871 e. The van der Waals surface area contributed by atoms with Crippen molar-refractivity contribution in [3.05, 3.63) is 35.4 Å². The summed E-state index contributed by atoms with van der Waals surface area (Å²) in [4.78, 5) is 0. The Labute approximate surface area is 110 Å². The fourth-order valence-corrected chi connectivity index (χ4v) is 4.82. The molecule has 0 N–H and O–H groups in total. The summed E-state index contributed by atoms with van der Waals surface area (Å²) >= 11 is 0. The molecular formula is C17H22O. The van der Waals surface area contributed by atoms with Gasteiger partial charge in [-0.15, -0.1) is 0 Å². The van der Waals surface area contributed by atoms with Crippen molar-refractivity contribution >= 4 is 0 Å². The van der Waals surface area contributed by atoms with E-state index >= 15 is 0 Å². The number of ether oxygens (including phenoxy) is 1. The van der Waals surface area contributed by atoms with Crippen molar-refractivity contribution in [2.75, 3.05) is 0 Å².